The van der Waals surface area contributed by atoms with Crippen molar-refractivity contribution in [3.8, 4) is 11.5 Å². The highest BCUT2D eigenvalue weighted by Crippen LogP contribution is 2.40. The Morgan fingerprint density at radius 2 is 1.70 bits per heavy atom. The summed E-state index contributed by atoms with van der Waals surface area (Å²) in [6.07, 6.45) is 4.76. The van der Waals surface area contributed by atoms with Crippen molar-refractivity contribution < 1.29 is 14.6 Å². The molecular formula is C25H29Cl3N2O3. The van der Waals surface area contributed by atoms with Gasteiger partial charge >= 0.3 is 0 Å². The number of imidazole rings is 1. The van der Waals surface area contributed by atoms with Gasteiger partial charge in [-0.05, 0) is 35.4 Å². The first-order valence-electron chi connectivity index (χ1n) is 10.8. The molecule has 1 heterocycles. The maximum atomic E-state index is 9.62. The van der Waals surface area contributed by atoms with Crippen LogP contribution in [0.2, 0.25) is 10.0 Å². The lowest BCUT2D eigenvalue weighted by Crippen LogP contribution is -2.20. The Morgan fingerprint density at radius 3 is 2.27 bits per heavy atom. The first kappa shape index (κ1) is 25.7. The fourth-order valence-electron chi connectivity index (χ4n) is 3.46. The molecule has 0 saturated carbocycles. The number of ether oxygens (including phenoxy) is 2. The van der Waals surface area contributed by atoms with E-state index < -0.39 is 6.10 Å². The van der Waals surface area contributed by atoms with Gasteiger partial charge in [0.05, 0.1) is 28.9 Å². The summed E-state index contributed by atoms with van der Waals surface area (Å²) in [6.45, 7) is 7.86. The molecule has 2 atom stereocenters. The molecule has 0 amide bonds. The summed E-state index contributed by atoms with van der Waals surface area (Å²) in [4.78, 5) is 4.07. The summed E-state index contributed by atoms with van der Waals surface area (Å²) in [5.74, 6) is 1.59. The van der Waals surface area contributed by atoms with Crippen LogP contribution < -0.4 is 9.47 Å². The molecule has 178 valence electrons. The summed E-state index contributed by atoms with van der Waals surface area (Å²) in [5.41, 5.74) is 1.69. The first-order valence-corrected chi connectivity index (χ1v) is 12.0. The van der Waals surface area contributed by atoms with Crippen LogP contribution in [0, 0.1) is 5.92 Å². The van der Waals surface area contributed by atoms with Crippen molar-refractivity contribution in [2.75, 3.05) is 19.1 Å². The molecule has 0 aliphatic heterocycles. The van der Waals surface area contributed by atoms with Crippen LogP contribution in [0.25, 0.3) is 0 Å². The van der Waals surface area contributed by atoms with Crippen molar-refractivity contribution in [3.63, 3.8) is 0 Å². The molecule has 0 fully saturated rings. The van der Waals surface area contributed by atoms with Gasteiger partial charge in [0.25, 0.3) is 0 Å². The van der Waals surface area contributed by atoms with Gasteiger partial charge in [0.1, 0.15) is 18.5 Å². The molecular weight excluding hydrogens is 483 g/mol. The molecule has 0 aliphatic rings. The number of benzene rings is 2. The Morgan fingerprint density at radius 1 is 1.03 bits per heavy atom. The molecule has 0 saturated heterocycles. The van der Waals surface area contributed by atoms with Crippen LogP contribution in [0.15, 0.2) is 55.1 Å². The topological polar surface area (TPSA) is 56.5 Å². The van der Waals surface area contributed by atoms with Crippen molar-refractivity contribution in [1.82, 2.24) is 9.55 Å². The number of hydrogen-bond acceptors (Lipinski definition) is 4. The number of hydrogen-bond donors (Lipinski definition) is 1. The van der Waals surface area contributed by atoms with Crippen molar-refractivity contribution in [2.45, 2.75) is 38.8 Å². The molecule has 3 aromatic rings. The molecule has 8 heteroatoms. The maximum Gasteiger partial charge on any atom is 0.156 e. The van der Waals surface area contributed by atoms with E-state index in [2.05, 4.69) is 37.9 Å². The van der Waals surface area contributed by atoms with Crippen LogP contribution in [0.1, 0.15) is 31.9 Å². The van der Waals surface area contributed by atoms with Crippen molar-refractivity contribution >= 4 is 34.8 Å². The monoisotopic (exact) mass is 510 g/mol. The predicted octanol–water partition coefficient (Wildman–Crippen LogP) is 6.21. The summed E-state index contributed by atoms with van der Waals surface area (Å²) in [6, 6.07) is 11.8. The largest absolute Gasteiger partial charge is 0.493 e. The standard InChI is InChI=1S/C25H29Cl3N2O3/c1-17(13-30-9-8-29-16-30)14-32-21-6-4-18(5-7-21)25(2,3)19-10-22(27)24(23(28)11-19)33-15-20(31)12-26/h4-11,16-17,20,31H,12-15H2,1-3H3/t17-,20-/m0/s1. The van der Waals surface area contributed by atoms with Gasteiger partial charge in [0.2, 0.25) is 0 Å². The quantitative estimate of drug-likeness (QED) is 0.311. The predicted molar refractivity (Wildman–Crippen MR) is 134 cm³/mol. The highest BCUT2D eigenvalue weighted by atomic mass is 35.5. The molecule has 5 nitrogen and oxygen atoms in total. The molecule has 33 heavy (non-hydrogen) atoms. The lowest BCUT2D eigenvalue weighted by atomic mass is 9.78. The van der Waals surface area contributed by atoms with Crippen LogP contribution in [0.3, 0.4) is 0 Å². The molecule has 2 aromatic carbocycles. The van der Waals surface area contributed by atoms with E-state index in [4.69, 9.17) is 44.3 Å². The number of nitrogens with zero attached hydrogens (tertiary/aromatic N) is 2. The van der Waals surface area contributed by atoms with Gasteiger partial charge in [0, 0.05) is 30.3 Å². The highest BCUT2D eigenvalue weighted by Gasteiger charge is 2.26. The summed E-state index contributed by atoms with van der Waals surface area (Å²) >= 11 is 18.5. The van der Waals surface area contributed by atoms with Crippen molar-refractivity contribution in [3.05, 3.63) is 76.3 Å². The fraction of sp³-hybridized carbons (Fsp3) is 0.400. The number of rotatable bonds is 11. The summed E-state index contributed by atoms with van der Waals surface area (Å²) < 4.78 is 13.6. The van der Waals surface area contributed by atoms with Crippen LogP contribution in [0.4, 0.5) is 0 Å². The Labute approximate surface area is 210 Å². The number of aliphatic hydroxyl groups is 1. The van der Waals surface area contributed by atoms with E-state index in [0.29, 0.717) is 28.3 Å². The Kier molecular flexibility index (Phi) is 8.94. The lowest BCUT2D eigenvalue weighted by Gasteiger charge is -2.27. The second-order valence-electron chi connectivity index (χ2n) is 8.71. The summed E-state index contributed by atoms with van der Waals surface area (Å²) in [5, 5.41) is 10.4. The second-order valence-corrected chi connectivity index (χ2v) is 9.84. The van der Waals surface area contributed by atoms with Crippen LogP contribution >= 0.6 is 34.8 Å². The van der Waals surface area contributed by atoms with Gasteiger partial charge in [-0.3, -0.25) is 0 Å². The van der Waals surface area contributed by atoms with E-state index in [9.17, 15) is 5.11 Å². The zero-order valence-corrected chi connectivity index (χ0v) is 21.2. The molecule has 0 aliphatic carbocycles. The normalized spacial score (nSPS) is 13.5. The van der Waals surface area contributed by atoms with E-state index in [1.165, 1.54) is 0 Å². The minimum atomic E-state index is -0.787. The minimum absolute atomic E-state index is 0.0219. The molecule has 1 aromatic heterocycles. The van der Waals surface area contributed by atoms with Gasteiger partial charge < -0.3 is 19.1 Å². The molecule has 1 N–H and O–H groups in total. The van der Waals surface area contributed by atoms with E-state index in [1.807, 2.05) is 41.4 Å². The smallest absolute Gasteiger partial charge is 0.156 e. The molecule has 0 radical (unpaired) electrons. The van der Waals surface area contributed by atoms with Crippen LogP contribution in [-0.2, 0) is 12.0 Å². The fourth-order valence-corrected chi connectivity index (χ4v) is 4.15. The zero-order valence-electron chi connectivity index (χ0n) is 19.0. The van der Waals surface area contributed by atoms with Crippen molar-refractivity contribution in [1.29, 1.82) is 0 Å². The third-order valence-electron chi connectivity index (χ3n) is 5.51. The number of halogens is 3. The summed E-state index contributed by atoms with van der Waals surface area (Å²) in [7, 11) is 0. The molecule has 0 unspecified atom stereocenters. The molecule has 0 bridgehead atoms. The highest BCUT2D eigenvalue weighted by molar-refractivity contribution is 6.37. The second kappa shape index (κ2) is 11.5. The average molecular weight is 512 g/mol. The third kappa shape index (κ3) is 6.80. The average Bonchev–Trinajstić information content (AvgIpc) is 3.30. The van der Waals surface area contributed by atoms with E-state index >= 15 is 0 Å². The third-order valence-corrected chi connectivity index (χ3v) is 6.43. The van der Waals surface area contributed by atoms with Gasteiger partial charge in [-0.1, -0.05) is 56.1 Å². The van der Waals surface area contributed by atoms with E-state index in [0.717, 1.165) is 23.4 Å². The van der Waals surface area contributed by atoms with Crippen molar-refractivity contribution in [2.24, 2.45) is 5.92 Å². The number of alkyl halides is 1. The Balaban J connectivity index is 1.67. The number of aromatic nitrogens is 2. The van der Waals surface area contributed by atoms with E-state index in [-0.39, 0.29) is 17.9 Å². The van der Waals surface area contributed by atoms with Crippen LogP contribution in [0.5, 0.6) is 11.5 Å². The van der Waals surface area contributed by atoms with Crippen LogP contribution in [-0.4, -0.2) is 39.9 Å². The lowest BCUT2D eigenvalue weighted by molar-refractivity contribution is 0.125. The number of aliphatic hydroxyl groups excluding tert-OH is 1. The SMILES string of the molecule is C[C@H](COc1ccc(C(C)(C)c2cc(Cl)c(OC[C@@H](O)CCl)c(Cl)c2)cc1)Cn1ccnc1. The van der Waals surface area contributed by atoms with E-state index in [1.54, 1.807) is 6.20 Å². The maximum absolute atomic E-state index is 9.62. The van der Waals surface area contributed by atoms with Gasteiger partial charge in [-0.15, -0.1) is 11.6 Å². The zero-order chi connectivity index (χ0) is 24.0. The minimum Gasteiger partial charge on any atom is -0.493 e. The first-order chi connectivity index (χ1) is 15.7. The molecule has 0 spiro atoms. The Hall–Kier alpha value is -1.92. The molecule has 3 rings (SSSR count). The van der Waals surface area contributed by atoms with Gasteiger partial charge in [-0.25, -0.2) is 4.98 Å². The van der Waals surface area contributed by atoms with Gasteiger partial charge in [0.15, 0.2) is 5.75 Å². The Bertz CT molecular complexity index is 1000. The van der Waals surface area contributed by atoms with Gasteiger partial charge in [-0.2, -0.15) is 0 Å².